The summed E-state index contributed by atoms with van der Waals surface area (Å²) in [7, 11) is 0. The number of hydrogen-bond acceptors (Lipinski definition) is 2. The van der Waals surface area contributed by atoms with E-state index in [-0.39, 0.29) is 27.8 Å². The number of rotatable bonds is 1. The van der Waals surface area contributed by atoms with Gasteiger partial charge in [0.25, 0.3) is 0 Å². The van der Waals surface area contributed by atoms with Gasteiger partial charge in [0, 0.05) is 40.9 Å². The van der Waals surface area contributed by atoms with E-state index in [0.717, 1.165) is 0 Å². The van der Waals surface area contributed by atoms with Gasteiger partial charge in [0.2, 0.25) is 0 Å². The predicted molar refractivity (Wildman–Crippen MR) is 21.4 cm³/mol. The van der Waals surface area contributed by atoms with Crippen molar-refractivity contribution in [2.24, 2.45) is 11.5 Å². The predicted octanol–water partition coefficient (Wildman–Crippen LogP) is -1.02. The fourth-order valence-corrected chi connectivity index (χ4v) is 0. The fourth-order valence-electron chi connectivity index (χ4n) is 0. The molecule has 4 N–H and O–H groups in total. The molecule has 0 aromatic carbocycles. The van der Waals surface area contributed by atoms with Gasteiger partial charge >= 0.3 is 0 Å². The second-order valence-corrected chi connectivity index (χ2v) is 0.577. The molecule has 0 saturated heterocycles. The van der Waals surface area contributed by atoms with Crippen LogP contribution in [0, 0.1) is 7.43 Å². The summed E-state index contributed by atoms with van der Waals surface area (Å²) in [6.45, 7) is 1.19. The molecule has 0 aromatic heterocycles. The Morgan fingerprint density at radius 1 is 1.00 bits per heavy atom. The van der Waals surface area contributed by atoms with Gasteiger partial charge in [0.05, 0.1) is 0 Å². The van der Waals surface area contributed by atoms with Gasteiger partial charge in [-0.1, -0.05) is 0 Å². The third kappa shape index (κ3) is 23.5. The van der Waals surface area contributed by atoms with Crippen molar-refractivity contribution in [2.45, 2.75) is 0 Å². The van der Waals surface area contributed by atoms with Crippen molar-refractivity contribution in [1.29, 1.82) is 0 Å². The van der Waals surface area contributed by atoms with Crippen molar-refractivity contribution in [3.05, 3.63) is 7.43 Å². The second-order valence-electron chi connectivity index (χ2n) is 0.577. The average molecular weight is 179 g/mol. The van der Waals surface area contributed by atoms with Crippen LogP contribution in [0.2, 0.25) is 0 Å². The van der Waals surface area contributed by atoms with Crippen molar-refractivity contribution in [1.82, 2.24) is 0 Å². The van der Waals surface area contributed by atoms with Gasteiger partial charge in [-0.05, 0) is 0 Å². The molecular formula is C3H8N2Pd. The normalized spacial score (nSPS) is 5.00. The summed E-state index contributed by atoms with van der Waals surface area (Å²) in [6.07, 6.45) is 0. The van der Waals surface area contributed by atoms with Gasteiger partial charge in [-0.15, -0.1) is 0 Å². The van der Waals surface area contributed by atoms with Gasteiger partial charge < -0.3 is 11.5 Å². The Morgan fingerprint density at radius 3 is 1.17 bits per heavy atom. The maximum absolute atomic E-state index is 4.90. The first kappa shape index (κ1) is 16.0. The molecule has 3 heteroatoms. The molecule has 0 atom stereocenters. The van der Waals surface area contributed by atoms with Crippen LogP contribution in [0.5, 0.6) is 0 Å². The molecule has 0 spiro atoms. The zero-order chi connectivity index (χ0) is 3.41. The van der Waals surface area contributed by atoms with Crippen LogP contribution < -0.4 is 11.5 Å². The molecule has 0 aliphatic heterocycles. The third-order valence-electron chi connectivity index (χ3n) is 0.167. The molecule has 0 amide bonds. The van der Waals surface area contributed by atoms with E-state index in [1.165, 1.54) is 0 Å². The summed E-state index contributed by atoms with van der Waals surface area (Å²) in [5.41, 5.74) is 9.81. The summed E-state index contributed by atoms with van der Waals surface area (Å²) in [5.74, 6) is 0. The molecule has 0 unspecified atom stereocenters. The monoisotopic (exact) mass is 178 g/mol. The van der Waals surface area contributed by atoms with Gasteiger partial charge in [0.1, 0.15) is 0 Å². The van der Waals surface area contributed by atoms with Crippen LogP contribution in [0.3, 0.4) is 0 Å². The second kappa shape index (κ2) is 17.6. The van der Waals surface area contributed by atoms with E-state index in [2.05, 4.69) is 0 Å². The van der Waals surface area contributed by atoms with Gasteiger partial charge in [-0.2, -0.15) is 0 Å². The molecule has 40 valence electrons. The minimum absolute atomic E-state index is 0. The van der Waals surface area contributed by atoms with Crippen LogP contribution in [-0.2, 0) is 20.4 Å². The molecule has 0 fully saturated rings. The quantitative estimate of drug-likeness (QED) is 0.505. The molecule has 0 aromatic rings. The maximum atomic E-state index is 4.90. The molecule has 0 saturated carbocycles. The zero-order valence-electron chi connectivity index (χ0n) is 3.39. The summed E-state index contributed by atoms with van der Waals surface area (Å²) < 4.78 is 0. The first-order chi connectivity index (χ1) is 1.91. The van der Waals surface area contributed by atoms with E-state index >= 15 is 0 Å². The van der Waals surface area contributed by atoms with Crippen LogP contribution in [0.1, 0.15) is 0 Å². The minimum Gasteiger partial charge on any atom is -0.329 e. The van der Waals surface area contributed by atoms with E-state index < -0.39 is 0 Å². The molecule has 0 heterocycles. The molecular weight excluding hydrogens is 170 g/mol. The third-order valence-corrected chi connectivity index (χ3v) is 0.167. The maximum Gasteiger partial charge on any atom is 0.00461 e. The largest absolute Gasteiger partial charge is 0.329 e. The van der Waals surface area contributed by atoms with Crippen LogP contribution in [-0.4, -0.2) is 13.1 Å². The molecule has 0 aliphatic carbocycles. The molecule has 0 aliphatic rings. The Labute approximate surface area is 52.9 Å². The van der Waals surface area contributed by atoms with E-state index in [1.807, 2.05) is 0 Å². The van der Waals surface area contributed by atoms with Crippen LogP contribution >= 0.6 is 0 Å². The van der Waals surface area contributed by atoms with Crippen LogP contribution in [0.4, 0.5) is 0 Å². The molecule has 6 heavy (non-hydrogen) atoms. The zero-order valence-corrected chi connectivity index (χ0v) is 4.94. The van der Waals surface area contributed by atoms with Gasteiger partial charge in [-0.25, -0.2) is 0 Å². The standard InChI is InChI=1S/C2H8N2.C.Pd/c3-1-2-4;;/h1-4H2;;. The van der Waals surface area contributed by atoms with Crippen molar-refractivity contribution >= 4 is 0 Å². The van der Waals surface area contributed by atoms with Crippen LogP contribution in [0.25, 0.3) is 0 Å². The summed E-state index contributed by atoms with van der Waals surface area (Å²) in [6, 6.07) is 0. The van der Waals surface area contributed by atoms with E-state index in [1.54, 1.807) is 0 Å². The smallest absolute Gasteiger partial charge is 0.00461 e. The Balaban J connectivity index is -0.0000000450. The minimum atomic E-state index is 0. The molecule has 0 bridgehead atoms. The number of nitrogens with two attached hydrogens (primary N) is 2. The summed E-state index contributed by atoms with van der Waals surface area (Å²) in [5, 5.41) is 0. The van der Waals surface area contributed by atoms with Gasteiger partial charge in [0.15, 0.2) is 0 Å². The van der Waals surface area contributed by atoms with Crippen molar-refractivity contribution < 1.29 is 20.4 Å². The Morgan fingerprint density at radius 2 is 1.17 bits per heavy atom. The van der Waals surface area contributed by atoms with Gasteiger partial charge in [-0.3, -0.25) is 0 Å². The van der Waals surface area contributed by atoms with Crippen molar-refractivity contribution in [3.63, 3.8) is 0 Å². The summed E-state index contributed by atoms with van der Waals surface area (Å²) >= 11 is 0. The van der Waals surface area contributed by atoms with E-state index in [0.29, 0.717) is 13.1 Å². The molecule has 0 rings (SSSR count). The molecule has 4 radical (unpaired) electrons. The number of hydrogen-bond donors (Lipinski definition) is 2. The fraction of sp³-hybridized carbons (Fsp3) is 0.667. The van der Waals surface area contributed by atoms with Crippen LogP contribution in [0.15, 0.2) is 0 Å². The van der Waals surface area contributed by atoms with E-state index in [9.17, 15) is 0 Å². The van der Waals surface area contributed by atoms with Crippen molar-refractivity contribution in [3.8, 4) is 0 Å². The summed E-state index contributed by atoms with van der Waals surface area (Å²) in [4.78, 5) is 0. The molecule has 2 nitrogen and oxygen atoms in total. The first-order valence-corrected chi connectivity index (χ1v) is 1.32. The first-order valence-electron chi connectivity index (χ1n) is 1.32. The average Bonchev–Trinajstić information content (AvgIpc) is 1.37. The van der Waals surface area contributed by atoms with Crippen molar-refractivity contribution in [2.75, 3.05) is 13.1 Å². The van der Waals surface area contributed by atoms with E-state index in [4.69, 9.17) is 11.5 Å². The Hall–Kier alpha value is 0.582. The Bertz CT molecular complexity index is 10.8. The topological polar surface area (TPSA) is 52.0 Å². The SMILES string of the molecule is NCCN.[C].[Pd]. The Kier molecular flexibility index (Phi) is 46.8.